The summed E-state index contributed by atoms with van der Waals surface area (Å²) in [5.74, 6) is -4.00. The molecule has 4 nitrogen and oxygen atoms in total. The summed E-state index contributed by atoms with van der Waals surface area (Å²) in [6, 6.07) is 5.61. The highest BCUT2D eigenvalue weighted by molar-refractivity contribution is 9.10. The van der Waals surface area contributed by atoms with E-state index in [1.54, 1.807) is 0 Å². The van der Waals surface area contributed by atoms with E-state index in [0.29, 0.717) is 0 Å². The fourth-order valence-electron chi connectivity index (χ4n) is 1.60. The normalized spacial score (nSPS) is 10.3. The Bertz CT molecular complexity index is 648. The van der Waals surface area contributed by atoms with E-state index < -0.39 is 40.3 Å². The minimum atomic E-state index is -1.03. The molecule has 0 spiro atoms. The first-order valence-corrected chi connectivity index (χ1v) is 6.16. The lowest BCUT2D eigenvalue weighted by molar-refractivity contribution is 0.102. The molecule has 0 fully saturated rings. The number of hydrogen-bond acceptors (Lipinski definition) is 3. The van der Waals surface area contributed by atoms with Crippen molar-refractivity contribution in [3.8, 4) is 11.5 Å². The van der Waals surface area contributed by atoms with Crippen LogP contribution in [-0.4, -0.2) is 16.1 Å². The zero-order valence-corrected chi connectivity index (χ0v) is 11.4. The molecule has 3 N–H and O–H groups in total. The molecule has 0 aliphatic carbocycles. The van der Waals surface area contributed by atoms with Gasteiger partial charge in [-0.25, -0.2) is 8.78 Å². The molecule has 0 unspecified atom stereocenters. The van der Waals surface area contributed by atoms with Gasteiger partial charge in [-0.15, -0.1) is 0 Å². The molecule has 2 rings (SSSR count). The standard InChI is InChI=1S/C13H8BrF2NO3/c14-6-4-7(15)12(8(16)5-6)17-13(20)11-9(18)2-1-3-10(11)19/h1-5,18-19H,(H,17,20). The van der Waals surface area contributed by atoms with E-state index in [2.05, 4.69) is 15.9 Å². The van der Waals surface area contributed by atoms with E-state index in [9.17, 15) is 23.8 Å². The van der Waals surface area contributed by atoms with Crippen molar-refractivity contribution in [2.24, 2.45) is 0 Å². The smallest absolute Gasteiger partial charge is 0.263 e. The van der Waals surface area contributed by atoms with Gasteiger partial charge in [-0.3, -0.25) is 4.79 Å². The molecule has 2 aromatic carbocycles. The summed E-state index contributed by atoms with van der Waals surface area (Å²) in [5.41, 5.74) is -1.13. The number of amides is 1. The highest BCUT2D eigenvalue weighted by Gasteiger charge is 2.19. The number of halogens is 3. The van der Waals surface area contributed by atoms with Gasteiger partial charge in [-0.2, -0.15) is 0 Å². The first kappa shape index (κ1) is 14.3. The minimum Gasteiger partial charge on any atom is -0.507 e. The van der Waals surface area contributed by atoms with Crippen molar-refractivity contribution in [3.63, 3.8) is 0 Å². The van der Waals surface area contributed by atoms with Crippen LogP contribution in [0.3, 0.4) is 0 Å². The minimum absolute atomic E-state index is 0.177. The number of phenols is 2. The predicted molar refractivity (Wildman–Crippen MR) is 71.8 cm³/mol. The third-order valence-electron chi connectivity index (χ3n) is 2.49. The van der Waals surface area contributed by atoms with Crippen LogP contribution >= 0.6 is 15.9 Å². The molecule has 0 aliphatic rings. The maximum atomic E-state index is 13.6. The second-order valence-electron chi connectivity index (χ2n) is 3.87. The van der Waals surface area contributed by atoms with E-state index >= 15 is 0 Å². The van der Waals surface area contributed by atoms with Gasteiger partial charge in [-0.05, 0) is 24.3 Å². The van der Waals surface area contributed by atoms with Crippen molar-refractivity contribution in [2.75, 3.05) is 5.32 Å². The predicted octanol–water partition coefficient (Wildman–Crippen LogP) is 3.39. The maximum Gasteiger partial charge on any atom is 0.263 e. The molecular weight excluding hydrogens is 336 g/mol. The van der Waals surface area contributed by atoms with Gasteiger partial charge < -0.3 is 15.5 Å². The van der Waals surface area contributed by atoms with Crippen LogP contribution in [-0.2, 0) is 0 Å². The van der Waals surface area contributed by atoms with Gasteiger partial charge in [0, 0.05) is 4.47 Å². The average Bonchev–Trinajstić information content (AvgIpc) is 2.33. The van der Waals surface area contributed by atoms with Gasteiger partial charge in [0.05, 0.1) is 0 Å². The Kier molecular flexibility index (Phi) is 3.89. The fourth-order valence-corrected chi connectivity index (χ4v) is 2.00. The molecule has 0 saturated heterocycles. The third kappa shape index (κ3) is 2.72. The molecule has 1 amide bonds. The first-order chi connectivity index (χ1) is 9.40. The van der Waals surface area contributed by atoms with E-state index in [4.69, 9.17) is 0 Å². The number of rotatable bonds is 2. The van der Waals surface area contributed by atoms with Gasteiger partial charge in [0.15, 0.2) is 11.6 Å². The topological polar surface area (TPSA) is 69.6 Å². The van der Waals surface area contributed by atoms with Crippen molar-refractivity contribution in [2.45, 2.75) is 0 Å². The number of nitrogens with one attached hydrogen (secondary N) is 1. The molecule has 104 valence electrons. The van der Waals surface area contributed by atoms with E-state index in [1.165, 1.54) is 18.2 Å². The summed E-state index contributed by atoms with van der Waals surface area (Å²) in [7, 11) is 0. The highest BCUT2D eigenvalue weighted by atomic mass is 79.9. The van der Waals surface area contributed by atoms with Crippen LogP contribution in [0, 0.1) is 11.6 Å². The van der Waals surface area contributed by atoms with Crippen molar-refractivity contribution >= 4 is 27.5 Å². The zero-order chi connectivity index (χ0) is 14.9. The number of carbonyl (C=O) groups excluding carboxylic acids is 1. The summed E-state index contributed by atoms with van der Waals surface area (Å²) in [4.78, 5) is 11.9. The Morgan fingerprint density at radius 2 is 1.60 bits per heavy atom. The SMILES string of the molecule is O=C(Nc1c(F)cc(Br)cc1F)c1c(O)cccc1O. The monoisotopic (exact) mass is 343 g/mol. The Morgan fingerprint density at radius 1 is 1.10 bits per heavy atom. The van der Waals surface area contributed by atoms with Crippen LogP contribution in [0.2, 0.25) is 0 Å². The second-order valence-corrected chi connectivity index (χ2v) is 4.79. The molecule has 0 aliphatic heterocycles. The van der Waals surface area contributed by atoms with E-state index in [1.807, 2.05) is 5.32 Å². The highest BCUT2D eigenvalue weighted by Crippen LogP contribution is 2.29. The second kappa shape index (κ2) is 5.46. The summed E-state index contributed by atoms with van der Waals surface area (Å²) in [5, 5.41) is 21.0. The number of phenolic OH excluding ortho intramolecular Hbond substituents is 2. The third-order valence-corrected chi connectivity index (χ3v) is 2.95. The van der Waals surface area contributed by atoms with Crippen LogP contribution in [0.25, 0.3) is 0 Å². The molecule has 0 radical (unpaired) electrons. The Morgan fingerprint density at radius 3 is 2.10 bits per heavy atom. The van der Waals surface area contributed by atoms with E-state index in [0.717, 1.165) is 12.1 Å². The number of anilines is 1. The zero-order valence-electron chi connectivity index (χ0n) is 9.82. The number of aromatic hydroxyl groups is 2. The fraction of sp³-hybridized carbons (Fsp3) is 0. The van der Waals surface area contributed by atoms with Crippen molar-refractivity contribution < 1.29 is 23.8 Å². The molecule has 0 bridgehead atoms. The molecule has 20 heavy (non-hydrogen) atoms. The van der Waals surface area contributed by atoms with Crippen molar-refractivity contribution in [1.82, 2.24) is 0 Å². The summed E-state index contributed by atoms with van der Waals surface area (Å²) in [6.07, 6.45) is 0. The lowest BCUT2D eigenvalue weighted by Crippen LogP contribution is -2.14. The molecular formula is C13H8BrF2NO3. The summed E-state index contributed by atoms with van der Waals surface area (Å²) < 4.78 is 27.3. The van der Waals surface area contributed by atoms with Crippen LogP contribution in [0.4, 0.5) is 14.5 Å². The first-order valence-electron chi connectivity index (χ1n) is 5.37. The van der Waals surface area contributed by atoms with Crippen LogP contribution in [0.5, 0.6) is 11.5 Å². The van der Waals surface area contributed by atoms with Gasteiger partial charge in [-0.1, -0.05) is 22.0 Å². The van der Waals surface area contributed by atoms with Crippen LogP contribution in [0.15, 0.2) is 34.8 Å². The largest absolute Gasteiger partial charge is 0.507 e. The molecule has 0 saturated carbocycles. The molecule has 0 atom stereocenters. The van der Waals surface area contributed by atoms with Gasteiger partial charge in [0.1, 0.15) is 22.7 Å². The lowest BCUT2D eigenvalue weighted by atomic mass is 10.1. The average molecular weight is 344 g/mol. The molecule has 0 heterocycles. The van der Waals surface area contributed by atoms with Gasteiger partial charge >= 0.3 is 0 Å². The van der Waals surface area contributed by atoms with Crippen molar-refractivity contribution in [3.05, 3.63) is 52.0 Å². The Hall–Kier alpha value is -2.15. The number of carbonyl (C=O) groups is 1. The lowest BCUT2D eigenvalue weighted by Gasteiger charge is -2.10. The number of hydrogen-bond donors (Lipinski definition) is 3. The molecule has 0 aromatic heterocycles. The van der Waals surface area contributed by atoms with Crippen molar-refractivity contribution in [1.29, 1.82) is 0 Å². The molecule has 2 aromatic rings. The maximum absolute atomic E-state index is 13.6. The molecule has 7 heteroatoms. The summed E-state index contributed by atoms with van der Waals surface area (Å²) >= 11 is 2.91. The van der Waals surface area contributed by atoms with Gasteiger partial charge in [0.2, 0.25) is 0 Å². The Labute approximate surface area is 120 Å². The van der Waals surface area contributed by atoms with E-state index in [-0.39, 0.29) is 4.47 Å². The van der Waals surface area contributed by atoms with Crippen LogP contribution in [0.1, 0.15) is 10.4 Å². The Balaban J connectivity index is 2.38. The van der Waals surface area contributed by atoms with Gasteiger partial charge in [0.25, 0.3) is 5.91 Å². The quantitative estimate of drug-likeness (QED) is 0.782. The summed E-state index contributed by atoms with van der Waals surface area (Å²) in [6.45, 7) is 0. The number of benzene rings is 2. The van der Waals surface area contributed by atoms with Crippen LogP contribution < -0.4 is 5.32 Å².